The van der Waals surface area contributed by atoms with Gasteiger partial charge in [0, 0.05) is 11.5 Å². The van der Waals surface area contributed by atoms with Crippen LogP contribution in [0.5, 0.6) is 0 Å². The highest BCUT2D eigenvalue weighted by atomic mass is 79.9. The second-order valence-corrected chi connectivity index (χ2v) is 5.99. The van der Waals surface area contributed by atoms with Crippen LogP contribution in [0.4, 0.5) is 0 Å². The van der Waals surface area contributed by atoms with Crippen molar-refractivity contribution >= 4 is 27.3 Å². The normalized spacial score (nSPS) is 24.9. The first kappa shape index (κ1) is 10.6. The van der Waals surface area contributed by atoms with Gasteiger partial charge in [0.15, 0.2) is 0 Å². The van der Waals surface area contributed by atoms with E-state index in [2.05, 4.69) is 15.9 Å². The quantitative estimate of drug-likeness (QED) is 0.900. The Morgan fingerprint density at radius 1 is 1.50 bits per heavy atom. The van der Waals surface area contributed by atoms with E-state index in [1.54, 1.807) is 11.3 Å². The highest BCUT2D eigenvalue weighted by Gasteiger charge is 2.24. The van der Waals surface area contributed by atoms with E-state index in [0.717, 1.165) is 34.5 Å². The maximum absolute atomic E-state index is 10.0. The van der Waals surface area contributed by atoms with Crippen molar-refractivity contribution in [3.05, 3.63) is 20.8 Å². The smallest absolute Gasteiger partial charge is 0.114 e. The fourth-order valence-corrected chi connectivity index (χ4v) is 3.15. The van der Waals surface area contributed by atoms with Crippen LogP contribution in [-0.2, 0) is 4.74 Å². The number of hydrogen-bond donors (Lipinski definition) is 1. The van der Waals surface area contributed by atoms with Crippen LogP contribution in [0, 0.1) is 0 Å². The zero-order valence-corrected chi connectivity index (χ0v) is 10.2. The minimum Gasteiger partial charge on any atom is -0.385 e. The SMILES string of the molecule is OC(c1ccc(Br)s1)C1CCCCO1. The maximum atomic E-state index is 10.0. The van der Waals surface area contributed by atoms with Gasteiger partial charge in [-0.05, 0) is 47.3 Å². The minimum absolute atomic E-state index is 0.00528. The first-order chi connectivity index (χ1) is 6.77. The number of hydrogen-bond acceptors (Lipinski definition) is 3. The van der Waals surface area contributed by atoms with Crippen molar-refractivity contribution in [3.8, 4) is 0 Å². The third-order valence-electron chi connectivity index (χ3n) is 2.45. The lowest BCUT2D eigenvalue weighted by Gasteiger charge is -2.26. The highest BCUT2D eigenvalue weighted by Crippen LogP contribution is 2.32. The van der Waals surface area contributed by atoms with Gasteiger partial charge in [-0.25, -0.2) is 0 Å². The molecule has 2 rings (SSSR count). The first-order valence-corrected chi connectivity index (χ1v) is 6.43. The molecule has 78 valence electrons. The Morgan fingerprint density at radius 2 is 2.36 bits per heavy atom. The largest absolute Gasteiger partial charge is 0.385 e. The van der Waals surface area contributed by atoms with Gasteiger partial charge in [0.25, 0.3) is 0 Å². The average Bonchev–Trinajstić information content (AvgIpc) is 2.65. The molecule has 0 spiro atoms. The Balaban J connectivity index is 2.03. The second-order valence-electron chi connectivity index (χ2n) is 3.49. The molecular weight excluding hydrogens is 264 g/mol. The van der Waals surface area contributed by atoms with Crippen LogP contribution in [0.25, 0.3) is 0 Å². The Morgan fingerprint density at radius 3 is 2.93 bits per heavy atom. The molecule has 1 fully saturated rings. The summed E-state index contributed by atoms with van der Waals surface area (Å²) in [4.78, 5) is 0.990. The summed E-state index contributed by atoms with van der Waals surface area (Å²) in [5.41, 5.74) is 0. The summed E-state index contributed by atoms with van der Waals surface area (Å²) in [6, 6.07) is 3.92. The molecule has 4 heteroatoms. The van der Waals surface area contributed by atoms with Crippen LogP contribution >= 0.6 is 27.3 Å². The van der Waals surface area contributed by atoms with Gasteiger partial charge in [-0.1, -0.05) is 0 Å². The minimum atomic E-state index is -0.452. The zero-order chi connectivity index (χ0) is 9.97. The summed E-state index contributed by atoms with van der Waals surface area (Å²) in [5, 5.41) is 10.0. The van der Waals surface area contributed by atoms with Crippen molar-refractivity contribution in [2.75, 3.05) is 6.61 Å². The van der Waals surface area contributed by atoms with Gasteiger partial charge < -0.3 is 9.84 Å². The maximum Gasteiger partial charge on any atom is 0.114 e. The molecule has 14 heavy (non-hydrogen) atoms. The fourth-order valence-electron chi connectivity index (χ4n) is 1.69. The average molecular weight is 277 g/mol. The summed E-state index contributed by atoms with van der Waals surface area (Å²) in [6.07, 6.45) is 2.79. The molecule has 1 aromatic heterocycles. The number of aliphatic hydroxyl groups excluding tert-OH is 1. The molecule has 0 aliphatic carbocycles. The van der Waals surface area contributed by atoms with Crippen molar-refractivity contribution in [2.24, 2.45) is 0 Å². The molecule has 1 N–H and O–H groups in total. The van der Waals surface area contributed by atoms with Crippen molar-refractivity contribution in [2.45, 2.75) is 31.5 Å². The van der Waals surface area contributed by atoms with Gasteiger partial charge in [0.05, 0.1) is 9.89 Å². The Bertz CT molecular complexity index is 294. The van der Waals surface area contributed by atoms with Gasteiger partial charge in [-0.15, -0.1) is 11.3 Å². The Hall–Kier alpha value is 0.1000. The van der Waals surface area contributed by atoms with E-state index in [0.29, 0.717) is 0 Å². The third-order valence-corrected chi connectivity index (χ3v) is 4.15. The van der Waals surface area contributed by atoms with Crippen molar-refractivity contribution < 1.29 is 9.84 Å². The van der Waals surface area contributed by atoms with E-state index in [1.807, 2.05) is 12.1 Å². The number of rotatable bonds is 2. The van der Waals surface area contributed by atoms with E-state index in [9.17, 15) is 5.11 Å². The molecule has 2 unspecified atom stereocenters. The number of thiophene rings is 1. The Kier molecular flexibility index (Phi) is 3.60. The molecule has 0 aromatic carbocycles. The molecule has 1 aliphatic rings. The van der Waals surface area contributed by atoms with Gasteiger partial charge >= 0.3 is 0 Å². The molecule has 0 saturated carbocycles. The van der Waals surface area contributed by atoms with Gasteiger partial charge in [-0.2, -0.15) is 0 Å². The summed E-state index contributed by atoms with van der Waals surface area (Å²) in [6.45, 7) is 0.786. The molecule has 1 aromatic rings. The fraction of sp³-hybridized carbons (Fsp3) is 0.600. The molecule has 2 atom stereocenters. The Labute approximate surface area is 96.0 Å². The van der Waals surface area contributed by atoms with Gasteiger partial charge in [-0.3, -0.25) is 0 Å². The van der Waals surface area contributed by atoms with Crippen LogP contribution < -0.4 is 0 Å². The molecule has 0 radical (unpaired) electrons. The lowest BCUT2D eigenvalue weighted by atomic mass is 10.0. The number of ether oxygens (including phenoxy) is 1. The molecule has 2 nitrogen and oxygen atoms in total. The van der Waals surface area contributed by atoms with Gasteiger partial charge in [0.1, 0.15) is 6.10 Å². The van der Waals surface area contributed by atoms with E-state index >= 15 is 0 Å². The van der Waals surface area contributed by atoms with Crippen molar-refractivity contribution in [3.63, 3.8) is 0 Å². The van der Waals surface area contributed by atoms with Crippen LogP contribution in [0.15, 0.2) is 15.9 Å². The molecule has 1 aliphatic heterocycles. The third kappa shape index (κ3) is 2.37. The summed E-state index contributed by atoms with van der Waals surface area (Å²) < 4.78 is 6.60. The van der Waals surface area contributed by atoms with E-state index in [4.69, 9.17) is 4.74 Å². The van der Waals surface area contributed by atoms with Crippen LogP contribution in [0.3, 0.4) is 0 Å². The molecule has 1 saturated heterocycles. The molecule has 2 heterocycles. The number of halogens is 1. The highest BCUT2D eigenvalue weighted by molar-refractivity contribution is 9.11. The second kappa shape index (κ2) is 4.75. The molecular formula is C10H13BrO2S. The van der Waals surface area contributed by atoms with E-state index in [-0.39, 0.29) is 6.10 Å². The molecule has 0 bridgehead atoms. The van der Waals surface area contributed by atoms with E-state index in [1.165, 1.54) is 0 Å². The molecule has 0 amide bonds. The standard InChI is InChI=1S/C10H13BrO2S/c11-9-5-4-8(14-9)10(12)7-3-1-2-6-13-7/h4-5,7,10,12H,1-3,6H2. The van der Waals surface area contributed by atoms with E-state index < -0.39 is 6.10 Å². The monoisotopic (exact) mass is 276 g/mol. The van der Waals surface area contributed by atoms with Crippen molar-refractivity contribution in [1.82, 2.24) is 0 Å². The van der Waals surface area contributed by atoms with Crippen molar-refractivity contribution in [1.29, 1.82) is 0 Å². The van der Waals surface area contributed by atoms with Gasteiger partial charge in [0.2, 0.25) is 0 Å². The predicted octanol–water partition coefficient (Wildman–Crippen LogP) is 3.11. The zero-order valence-electron chi connectivity index (χ0n) is 7.78. The van der Waals surface area contributed by atoms with Crippen LogP contribution in [0.1, 0.15) is 30.2 Å². The summed E-state index contributed by atoms with van der Waals surface area (Å²) >= 11 is 4.97. The lowest BCUT2D eigenvalue weighted by Crippen LogP contribution is -2.25. The van der Waals surface area contributed by atoms with Crippen LogP contribution in [0.2, 0.25) is 0 Å². The number of aliphatic hydroxyl groups is 1. The lowest BCUT2D eigenvalue weighted by molar-refractivity contribution is -0.0620. The van der Waals surface area contributed by atoms with Crippen LogP contribution in [-0.4, -0.2) is 17.8 Å². The first-order valence-electron chi connectivity index (χ1n) is 4.82. The predicted molar refractivity (Wildman–Crippen MR) is 60.6 cm³/mol. The topological polar surface area (TPSA) is 29.5 Å². The summed E-state index contributed by atoms with van der Waals surface area (Å²) in [7, 11) is 0. The summed E-state index contributed by atoms with van der Waals surface area (Å²) in [5.74, 6) is 0.